The summed E-state index contributed by atoms with van der Waals surface area (Å²) in [5, 5.41) is 20.5. The largest absolute Gasteiger partial charge is 0.507 e. The molecule has 1 unspecified atom stereocenters. The summed E-state index contributed by atoms with van der Waals surface area (Å²) in [5.74, 6) is -1.76. The van der Waals surface area contributed by atoms with Crippen LogP contribution < -0.4 is 4.74 Å². The number of carboxylic acids is 1. The van der Waals surface area contributed by atoms with Crippen LogP contribution in [0.3, 0.4) is 0 Å². The van der Waals surface area contributed by atoms with Crippen molar-refractivity contribution in [3.63, 3.8) is 0 Å². The summed E-state index contributed by atoms with van der Waals surface area (Å²) in [6.45, 7) is 6.60. The summed E-state index contributed by atoms with van der Waals surface area (Å²) >= 11 is 0. The molecule has 0 radical (unpaired) electrons. The number of likely N-dealkylation sites (tertiary alicyclic amines) is 1. The molecular formula is C30H29NO6. The van der Waals surface area contributed by atoms with E-state index in [0.29, 0.717) is 35.0 Å². The van der Waals surface area contributed by atoms with Gasteiger partial charge in [-0.05, 0) is 59.9 Å². The molecule has 4 rings (SSSR count). The first-order valence-corrected chi connectivity index (χ1v) is 12.1. The number of rotatable bonds is 8. The Morgan fingerprint density at radius 1 is 0.946 bits per heavy atom. The Labute approximate surface area is 215 Å². The van der Waals surface area contributed by atoms with Gasteiger partial charge < -0.3 is 19.8 Å². The van der Waals surface area contributed by atoms with Crippen molar-refractivity contribution in [2.24, 2.45) is 5.92 Å². The van der Waals surface area contributed by atoms with Gasteiger partial charge >= 0.3 is 5.97 Å². The smallest absolute Gasteiger partial charge is 0.335 e. The molecule has 190 valence electrons. The number of aliphatic hydroxyl groups excluding tert-OH is 1. The van der Waals surface area contributed by atoms with Crippen molar-refractivity contribution in [3.05, 3.63) is 106 Å². The molecule has 7 heteroatoms. The first kappa shape index (κ1) is 25.7. The fourth-order valence-electron chi connectivity index (χ4n) is 4.34. The second kappa shape index (κ2) is 10.7. The highest BCUT2D eigenvalue weighted by Gasteiger charge is 2.46. The molecule has 0 spiro atoms. The zero-order chi connectivity index (χ0) is 26.7. The molecule has 1 aliphatic heterocycles. The third-order valence-corrected chi connectivity index (χ3v) is 6.23. The van der Waals surface area contributed by atoms with Gasteiger partial charge in [0.25, 0.3) is 11.7 Å². The quantitative estimate of drug-likeness (QED) is 0.246. The predicted octanol–water partition coefficient (Wildman–Crippen LogP) is 5.35. The van der Waals surface area contributed by atoms with Crippen molar-refractivity contribution < 1.29 is 29.3 Å². The fraction of sp³-hybridized carbons (Fsp3) is 0.233. The van der Waals surface area contributed by atoms with Crippen molar-refractivity contribution in [1.82, 2.24) is 4.90 Å². The molecule has 7 nitrogen and oxygen atoms in total. The summed E-state index contributed by atoms with van der Waals surface area (Å²) in [5.41, 5.74) is 2.69. The van der Waals surface area contributed by atoms with Gasteiger partial charge in [0.15, 0.2) is 0 Å². The Balaban J connectivity index is 1.75. The molecule has 2 N–H and O–H groups in total. The maximum absolute atomic E-state index is 13.3. The number of carboxylic acid groups (broad SMARTS) is 1. The van der Waals surface area contributed by atoms with Crippen LogP contribution in [-0.2, 0) is 16.1 Å². The van der Waals surface area contributed by atoms with E-state index >= 15 is 0 Å². The number of aromatic carboxylic acids is 1. The van der Waals surface area contributed by atoms with Crippen LogP contribution in [-0.4, -0.2) is 39.4 Å². The van der Waals surface area contributed by atoms with Gasteiger partial charge in [0.2, 0.25) is 0 Å². The third-order valence-electron chi connectivity index (χ3n) is 6.23. The number of ketones is 1. The number of benzene rings is 3. The second-order valence-corrected chi connectivity index (χ2v) is 9.52. The number of nitrogens with zero attached hydrogens (tertiary/aromatic N) is 1. The molecule has 1 fully saturated rings. The highest BCUT2D eigenvalue weighted by molar-refractivity contribution is 6.46. The second-order valence-electron chi connectivity index (χ2n) is 9.52. The first-order valence-electron chi connectivity index (χ1n) is 12.1. The van der Waals surface area contributed by atoms with E-state index in [1.54, 1.807) is 42.5 Å². The van der Waals surface area contributed by atoms with E-state index < -0.39 is 23.7 Å². The Kier molecular flexibility index (Phi) is 7.43. The average Bonchev–Trinajstić information content (AvgIpc) is 3.13. The summed E-state index contributed by atoms with van der Waals surface area (Å²) < 4.78 is 5.83. The lowest BCUT2D eigenvalue weighted by molar-refractivity contribution is -0.140. The topological polar surface area (TPSA) is 104 Å². The SMILES string of the molecule is Cc1cc(/C(O)=C2/C(=O)C(=O)N(Cc3ccc(C(=O)O)cc3)C2c2ccccc2)ccc1OCC(C)C. The zero-order valence-corrected chi connectivity index (χ0v) is 21.0. The lowest BCUT2D eigenvalue weighted by atomic mass is 9.94. The molecule has 1 heterocycles. The predicted molar refractivity (Wildman–Crippen MR) is 139 cm³/mol. The number of ether oxygens (including phenoxy) is 1. The third kappa shape index (κ3) is 5.40. The van der Waals surface area contributed by atoms with E-state index in [-0.39, 0.29) is 23.4 Å². The standard InChI is InChI=1S/C30H29NO6/c1-18(2)17-37-24-14-13-23(15-19(24)3)27(32)25-26(21-7-5-4-6-8-21)31(29(34)28(25)33)16-20-9-11-22(12-10-20)30(35)36/h4-15,18,26,32H,16-17H2,1-3H3,(H,35,36)/b27-25-. The molecule has 0 saturated carbocycles. The van der Waals surface area contributed by atoms with Crippen LogP contribution in [0.5, 0.6) is 5.75 Å². The molecule has 0 bridgehead atoms. The summed E-state index contributed by atoms with van der Waals surface area (Å²) in [6.07, 6.45) is 0. The summed E-state index contributed by atoms with van der Waals surface area (Å²) in [7, 11) is 0. The van der Waals surface area contributed by atoms with Crippen LogP contribution in [0.25, 0.3) is 5.76 Å². The maximum atomic E-state index is 13.3. The van der Waals surface area contributed by atoms with Crippen LogP contribution >= 0.6 is 0 Å². The molecule has 37 heavy (non-hydrogen) atoms. The van der Waals surface area contributed by atoms with Crippen LogP contribution in [0.1, 0.15) is 52.5 Å². The molecule has 1 amide bonds. The molecule has 0 aromatic heterocycles. The van der Waals surface area contributed by atoms with Crippen LogP contribution in [0.2, 0.25) is 0 Å². The number of hydrogen-bond acceptors (Lipinski definition) is 5. The molecule has 0 aliphatic carbocycles. The van der Waals surface area contributed by atoms with E-state index in [1.165, 1.54) is 17.0 Å². The van der Waals surface area contributed by atoms with Gasteiger partial charge in [0, 0.05) is 12.1 Å². The minimum absolute atomic E-state index is 0.00797. The number of Topliss-reactive ketones (excluding diaryl/α,β-unsaturated/α-hetero) is 1. The normalized spacial score (nSPS) is 16.9. The van der Waals surface area contributed by atoms with Gasteiger partial charge in [-0.2, -0.15) is 0 Å². The minimum atomic E-state index is -1.05. The van der Waals surface area contributed by atoms with Gasteiger partial charge in [-0.3, -0.25) is 9.59 Å². The van der Waals surface area contributed by atoms with Crippen LogP contribution in [0.4, 0.5) is 0 Å². The minimum Gasteiger partial charge on any atom is -0.507 e. The maximum Gasteiger partial charge on any atom is 0.335 e. The van der Waals surface area contributed by atoms with Crippen molar-refractivity contribution >= 4 is 23.4 Å². The number of aryl methyl sites for hydroxylation is 1. The van der Waals surface area contributed by atoms with E-state index in [4.69, 9.17) is 4.74 Å². The first-order chi connectivity index (χ1) is 17.7. The Morgan fingerprint density at radius 3 is 2.19 bits per heavy atom. The molecule has 1 saturated heterocycles. The van der Waals surface area contributed by atoms with Gasteiger partial charge in [-0.15, -0.1) is 0 Å². The van der Waals surface area contributed by atoms with Gasteiger partial charge in [0.1, 0.15) is 11.5 Å². The molecule has 1 atom stereocenters. The Bertz CT molecular complexity index is 1360. The lowest BCUT2D eigenvalue weighted by Crippen LogP contribution is -2.29. The zero-order valence-electron chi connectivity index (χ0n) is 21.0. The van der Waals surface area contributed by atoms with Gasteiger partial charge in [-0.25, -0.2) is 4.79 Å². The average molecular weight is 500 g/mol. The van der Waals surface area contributed by atoms with Crippen molar-refractivity contribution in [2.75, 3.05) is 6.61 Å². The van der Waals surface area contributed by atoms with Gasteiger partial charge in [0.05, 0.1) is 23.8 Å². The van der Waals surface area contributed by atoms with Gasteiger partial charge in [-0.1, -0.05) is 56.3 Å². The lowest BCUT2D eigenvalue weighted by Gasteiger charge is -2.25. The highest BCUT2D eigenvalue weighted by atomic mass is 16.5. The number of hydrogen-bond donors (Lipinski definition) is 2. The van der Waals surface area contributed by atoms with E-state index in [9.17, 15) is 24.6 Å². The van der Waals surface area contributed by atoms with Crippen LogP contribution in [0, 0.1) is 12.8 Å². The van der Waals surface area contributed by atoms with Crippen LogP contribution in [0.15, 0.2) is 78.4 Å². The molecule has 3 aromatic rings. The Morgan fingerprint density at radius 2 is 1.59 bits per heavy atom. The monoisotopic (exact) mass is 499 g/mol. The van der Waals surface area contributed by atoms with Crippen molar-refractivity contribution in [2.45, 2.75) is 33.4 Å². The summed E-state index contributed by atoms with van der Waals surface area (Å²) in [4.78, 5) is 39.1. The summed E-state index contributed by atoms with van der Waals surface area (Å²) in [6, 6.07) is 19.6. The van der Waals surface area contributed by atoms with Crippen molar-refractivity contribution in [1.29, 1.82) is 0 Å². The number of carbonyl (C=O) groups is 3. The Hall–Kier alpha value is -4.39. The number of amides is 1. The highest BCUT2D eigenvalue weighted by Crippen LogP contribution is 2.40. The number of aliphatic hydroxyl groups is 1. The van der Waals surface area contributed by atoms with E-state index in [0.717, 1.165) is 5.56 Å². The van der Waals surface area contributed by atoms with E-state index in [1.807, 2.05) is 25.1 Å². The molecule has 3 aromatic carbocycles. The molecule has 1 aliphatic rings. The van der Waals surface area contributed by atoms with E-state index in [2.05, 4.69) is 13.8 Å². The number of carbonyl (C=O) groups excluding carboxylic acids is 2. The fourth-order valence-corrected chi connectivity index (χ4v) is 4.34. The van der Waals surface area contributed by atoms with Crippen molar-refractivity contribution in [3.8, 4) is 5.75 Å². The molecular weight excluding hydrogens is 470 g/mol.